The van der Waals surface area contributed by atoms with Gasteiger partial charge in [0.05, 0.1) is 0 Å². The average Bonchev–Trinajstić information content (AvgIpc) is 2.36. The summed E-state index contributed by atoms with van der Waals surface area (Å²) in [5.41, 5.74) is 0.157. The second-order valence-corrected chi connectivity index (χ2v) is 5.45. The number of nitrogens with one attached hydrogen (secondary N) is 2. The number of aliphatic carboxylic acids is 1. The molecule has 0 radical (unpaired) electrons. The third kappa shape index (κ3) is 5.59. The van der Waals surface area contributed by atoms with Crippen molar-refractivity contribution in [2.24, 2.45) is 5.92 Å². The Morgan fingerprint density at radius 2 is 2.05 bits per heavy atom. The summed E-state index contributed by atoms with van der Waals surface area (Å²) in [6.07, 6.45) is 0.309. The number of rotatable bonds is 6. The first-order chi connectivity index (χ1) is 9.81. The van der Waals surface area contributed by atoms with E-state index in [0.29, 0.717) is 6.42 Å². The molecule has 0 aliphatic carbocycles. The van der Waals surface area contributed by atoms with Crippen LogP contribution in [0.1, 0.15) is 25.8 Å². The number of hydrogen-bond acceptors (Lipinski definition) is 2. The van der Waals surface area contributed by atoms with Gasteiger partial charge in [0.25, 0.3) is 0 Å². The van der Waals surface area contributed by atoms with Crippen LogP contribution in [0.25, 0.3) is 0 Å². The lowest BCUT2D eigenvalue weighted by Gasteiger charge is -2.17. The van der Waals surface area contributed by atoms with Gasteiger partial charge in [0.15, 0.2) is 0 Å². The van der Waals surface area contributed by atoms with Gasteiger partial charge in [-0.25, -0.2) is 14.0 Å². The molecule has 0 saturated heterocycles. The fraction of sp³-hybridized carbons (Fsp3) is 0.429. The molecule has 0 aromatic heterocycles. The van der Waals surface area contributed by atoms with Crippen LogP contribution in [-0.4, -0.2) is 23.1 Å². The van der Waals surface area contributed by atoms with E-state index in [1.165, 1.54) is 18.2 Å². The van der Waals surface area contributed by atoms with Gasteiger partial charge in [-0.05, 0) is 24.5 Å². The lowest BCUT2D eigenvalue weighted by atomic mass is 10.0. The third-order valence-electron chi connectivity index (χ3n) is 2.80. The smallest absolute Gasteiger partial charge is 0.326 e. The van der Waals surface area contributed by atoms with Gasteiger partial charge in [-0.3, -0.25) is 0 Å². The summed E-state index contributed by atoms with van der Waals surface area (Å²) < 4.78 is 13.5. The van der Waals surface area contributed by atoms with E-state index in [9.17, 15) is 14.0 Å². The van der Waals surface area contributed by atoms with Crippen LogP contribution in [0.5, 0.6) is 0 Å². The molecule has 1 unspecified atom stereocenters. The first-order valence-electron chi connectivity index (χ1n) is 6.51. The van der Waals surface area contributed by atoms with Crippen LogP contribution in [0.2, 0.25) is 5.02 Å². The van der Waals surface area contributed by atoms with E-state index in [0.717, 1.165) is 0 Å². The highest BCUT2D eigenvalue weighted by Crippen LogP contribution is 2.18. The van der Waals surface area contributed by atoms with Crippen molar-refractivity contribution in [3.8, 4) is 0 Å². The Morgan fingerprint density at radius 1 is 1.38 bits per heavy atom. The minimum absolute atomic E-state index is 0.118. The zero-order valence-corrected chi connectivity index (χ0v) is 12.6. The van der Waals surface area contributed by atoms with Crippen molar-refractivity contribution in [2.75, 3.05) is 0 Å². The summed E-state index contributed by atoms with van der Waals surface area (Å²) in [4.78, 5) is 22.7. The highest BCUT2D eigenvalue weighted by molar-refractivity contribution is 6.31. The van der Waals surface area contributed by atoms with Gasteiger partial charge in [-0.15, -0.1) is 0 Å². The molecule has 21 heavy (non-hydrogen) atoms. The Balaban J connectivity index is 2.59. The van der Waals surface area contributed by atoms with E-state index >= 15 is 0 Å². The number of halogens is 2. The van der Waals surface area contributed by atoms with Gasteiger partial charge in [-0.1, -0.05) is 31.5 Å². The molecular formula is C14H18ClFN2O3. The zero-order chi connectivity index (χ0) is 16.0. The normalized spacial score (nSPS) is 12.0. The Morgan fingerprint density at radius 3 is 2.57 bits per heavy atom. The van der Waals surface area contributed by atoms with E-state index in [4.69, 9.17) is 16.7 Å². The molecule has 2 amide bonds. The molecule has 7 heteroatoms. The molecule has 116 valence electrons. The maximum Gasteiger partial charge on any atom is 0.326 e. The molecule has 0 saturated carbocycles. The second-order valence-electron chi connectivity index (χ2n) is 5.05. The molecule has 0 aliphatic rings. The van der Waals surface area contributed by atoms with Crippen molar-refractivity contribution in [2.45, 2.75) is 32.9 Å². The maximum atomic E-state index is 13.5. The predicted molar refractivity (Wildman–Crippen MR) is 77.7 cm³/mol. The minimum atomic E-state index is -1.11. The maximum absolute atomic E-state index is 13.5. The van der Waals surface area contributed by atoms with Crippen molar-refractivity contribution >= 4 is 23.6 Å². The summed E-state index contributed by atoms with van der Waals surface area (Å²) in [6, 6.07) is 2.55. The molecule has 1 rings (SSSR count). The van der Waals surface area contributed by atoms with Gasteiger partial charge in [-0.2, -0.15) is 0 Å². The van der Waals surface area contributed by atoms with Crippen molar-refractivity contribution in [1.82, 2.24) is 10.6 Å². The molecule has 1 aromatic rings. The monoisotopic (exact) mass is 316 g/mol. The van der Waals surface area contributed by atoms with E-state index < -0.39 is 23.9 Å². The largest absolute Gasteiger partial charge is 0.480 e. The highest BCUT2D eigenvalue weighted by Gasteiger charge is 2.21. The average molecular weight is 317 g/mol. The van der Waals surface area contributed by atoms with Crippen LogP contribution < -0.4 is 10.6 Å². The summed E-state index contributed by atoms with van der Waals surface area (Å²) in [6.45, 7) is 3.59. The number of amides is 2. The van der Waals surface area contributed by atoms with Crippen molar-refractivity contribution in [3.05, 3.63) is 34.6 Å². The topological polar surface area (TPSA) is 78.4 Å². The molecule has 0 heterocycles. The minimum Gasteiger partial charge on any atom is -0.480 e. The summed E-state index contributed by atoms with van der Waals surface area (Å²) >= 11 is 5.83. The molecule has 5 nitrogen and oxygen atoms in total. The van der Waals surface area contributed by atoms with E-state index in [1.54, 1.807) is 0 Å². The molecule has 1 aromatic carbocycles. The summed E-state index contributed by atoms with van der Waals surface area (Å²) in [7, 11) is 0. The number of carbonyl (C=O) groups excluding carboxylic acids is 1. The quantitative estimate of drug-likeness (QED) is 0.755. The first kappa shape index (κ1) is 17.2. The lowest BCUT2D eigenvalue weighted by Crippen LogP contribution is -2.46. The van der Waals surface area contributed by atoms with Crippen LogP contribution in [0.4, 0.5) is 9.18 Å². The third-order valence-corrected chi connectivity index (χ3v) is 3.15. The second kappa shape index (κ2) is 7.83. The first-order valence-corrected chi connectivity index (χ1v) is 6.89. The number of benzene rings is 1. The van der Waals surface area contributed by atoms with Gasteiger partial charge < -0.3 is 15.7 Å². The predicted octanol–water partition coefficient (Wildman–Crippen LogP) is 2.78. The number of carboxylic acids is 1. The number of carbonyl (C=O) groups is 2. The zero-order valence-electron chi connectivity index (χ0n) is 11.8. The SMILES string of the molecule is CC(C)CC(NC(=O)NCc1c(F)cccc1Cl)C(=O)O. The molecule has 0 aliphatic heterocycles. The Hall–Kier alpha value is -1.82. The molecule has 0 spiro atoms. The molecule has 3 N–H and O–H groups in total. The van der Waals surface area contributed by atoms with E-state index in [1.807, 2.05) is 13.8 Å². The summed E-state index contributed by atoms with van der Waals surface area (Å²) in [5, 5.41) is 14.0. The van der Waals surface area contributed by atoms with Crippen LogP contribution in [0.3, 0.4) is 0 Å². The van der Waals surface area contributed by atoms with Gasteiger partial charge in [0, 0.05) is 17.1 Å². The fourth-order valence-electron chi connectivity index (χ4n) is 1.77. The standard InChI is InChI=1S/C14H18ClFN2O3/c1-8(2)6-12(13(19)20)18-14(21)17-7-9-10(15)4-3-5-11(9)16/h3-5,8,12H,6-7H2,1-2H3,(H,19,20)(H2,17,18,21). The fourth-order valence-corrected chi connectivity index (χ4v) is 2.00. The Kier molecular flexibility index (Phi) is 6.42. The van der Waals surface area contributed by atoms with Gasteiger partial charge in [0.1, 0.15) is 11.9 Å². The van der Waals surface area contributed by atoms with Crippen molar-refractivity contribution in [3.63, 3.8) is 0 Å². The number of urea groups is 1. The van der Waals surface area contributed by atoms with Crippen LogP contribution in [-0.2, 0) is 11.3 Å². The van der Waals surface area contributed by atoms with Crippen LogP contribution in [0, 0.1) is 11.7 Å². The van der Waals surface area contributed by atoms with Crippen molar-refractivity contribution in [1.29, 1.82) is 0 Å². The molecule has 0 bridgehead atoms. The molecule has 1 atom stereocenters. The Bertz CT molecular complexity index is 503. The Labute approximate surface area is 127 Å². The number of carboxylic acid groups (broad SMARTS) is 1. The van der Waals surface area contributed by atoms with Crippen LogP contribution in [0.15, 0.2) is 18.2 Å². The lowest BCUT2D eigenvalue weighted by molar-refractivity contribution is -0.139. The van der Waals surface area contributed by atoms with Crippen LogP contribution >= 0.6 is 11.6 Å². The molecule has 0 fully saturated rings. The summed E-state index contributed by atoms with van der Waals surface area (Å²) in [5.74, 6) is -1.52. The highest BCUT2D eigenvalue weighted by atomic mass is 35.5. The molecular weight excluding hydrogens is 299 g/mol. The number of hydrogen-bond donors (Lipinski definition) is 3. The van der Waals surface area contributed by atoms with E-state index in [2.05, 4.69) is 10.6 Å². The van der Waals surface area contributed by atoms with Gasteiger partial charge >= 0.3 is 12.0 Å². The van der Waals surface area contributed by atoms with Crippen molar-refractivity contribution < 1.29 is 19.1 Å². The van der Waals surface area contributed by atoms with E-state index in [-0.39, 0.29) is 23.0 Å². The van der Waals surface area contributed by atoms with Gasteiger partial charge in [0.2, 0.25) is 0 Å².